The molecule has 0 saturated heterocycles. The topological polar surface area (TPSA) is 171 Å². The van der Waals surface area contributed by atoms with Crippen LogP contribution in [0.2, 0.25) is 0 Å². The van der Waals surface area contributed by atoms with Gasteiger partial charge in [-0.05, 0) is 18.2 Å². The van der Waals surface area contributed by atoms with Gasteiger partial charge in [-0.25, -0.2) is 0 Å². The molecular weight excluding hydrogens is 378 g/mol. The highest BCUT2D eigenvalue weighted by molar-refractivity contribution is 7.86. The smallest absolute Gasteiger partial charge is 0.296 e. The van der Waals surface area contributed by atoms with E-state index in [1.807, 2.05) is 0 Å². The van der Waals surface area contributed by atoms with Crippen molar-refractivity contribution in [2.75, 3.05) is 12.1 Å². The number of anilines is 1. The molecule has 3 N–H and O–H groups in total. The van der Waals surface area contributed by atoms with Crippen LogP contribution in [-0.4, -0.2) is 50.5 Å². The van der Waals surface area contributed by atoms with E-state index in [4.69, 9.17) is 4.55 Å². The third-order valence-electron chi connectivity index (χ3n) is 3.11. The molecule has 0 spiro atoms. The number of nitrogens with zero attached hydrogens (tertiary/aromatic N) is 2. The normalized spacial score (nSPS) is 15.3. The maximum absolute atomic E-state index is 12.2. The average molecular weight is 389 g/mol. The number of carbonyl (C=O) groups is 2. The van der Waals surface area contributed by atoms with E-state index in [2.05, 4.69) is 17.0 Å². The molecule has 1 aromatic carbocycles. The van der Waals surface area contributed by atoms with Crippen LogP contribution in [0.3, 0.4) is 0 Å². The maximum Gasteiger partial charge on any atom is 0.296 e. The lowest BCUT2D eigenvalue weighted by atomic mass is 10.1. The average Bonchev–Trinajstić information content (AvgIpc) is 2.80. The van der Waals surface area contributed by atoms with E-state index in [1.165, 1.54) is 7.05 Å². The van der Waals surface area contributed by atoms with Crippen LogP contribution in [0.1, 0.15) is 0 Å². The van der Waals surface area contributed by atoms with Gasteiger partial charge in [0.2, 0.25) is 0 Å². The molecule has 0 radical (unpaired) electrons. The molecule has 1 aromatic rings. The lowest BCUT2D eigenvalue weighted by molar-refractivity contribution is -0.115. The van der Waals surface area contributed by atoms with E-state index >= 15 is 0 Å². The summed E-state index contributed by atoms with van der Waals surface area (Å²) in [5, 5.41) is 6.22. The molecule has 0 saturated carbocycles. The number of hydrazone groups is 1. The quantitative estimate of drug-likeness (QED) is 0.443. The Labute approximate surface area is 142 Å². The molecular formula is C12H11N3O8S2. The number of hydrogen-bond acceptors (Lipinski definition) is 7. The van der Waals surface area contributed by atoms with Crippen LogP contribution in [0.5, 0.6) is 0 Å². The van der Waals surface area contributed by atoms with Gasteiger partial charge in [0.15, 0.2) is 5.71 Å². The first-order valence-corrected chi connectivity index (χ1v) is 9.19. The van der Waals surface area contributed by atoms with Crippen molar-refractivity contribution in [1.82, 2.24) is 5.32 Å². The zero-order valence-electron chi connectivity index (χ0n) is 12.5. The van der Waals surface area contributed by atoms with Gasteiger partial charge in [0.05, 0.1) is 16.2 Å². The van der Waals surface area contributed by atoms with Gasteiger partial charge in [0, 0.05) is 7.05 Å². The summed E-state index contributed by atoms with van der Waals surface area (Å²) in [5.74, 6) is -1.81. The van der Waals surface area contributed by atoms with Gasteiger partial charge in [-0.3, -0.25) is 18.7 Å². The predicted octanol–water partition coefficient (Wildman–Crippen LogP) is -0.815. The predicted molar refractivity (Wildman–Crippen MR) is 84.2 cm³/mol. The summed E-state index contributed by atoms with van der Waals surface area (Å²) >= 11 is 0. The number of benzene rings is 1. The largest absolute Gasteiger partial charge is 0.354 e. The van der Waals surface area contributed by atoms with Crippen molar-refractivity contribution in [2.24, 2.45) is 5.10 Å². The number of amides is 2. The summed E-state index contributed by atoms with van der Waals surface area (Å²) in [6.07, 6.45) is 0. The minimum absolute atomic E-state index is 0.377. The van der Waals surface area contributed by atoms with Gasteiger partial charge in [0.25, 0.3) is 32.1 Å². The Kier molecular flexibility index (Phi) is 4.52. The van der Waals surface area contributed by atoms with Crippen LogP contribution < -0.4 is 10.3 Å². The second kappa shape index (κ2) is 6.03. The zero-order chi connectivity index (χ0) is 19.2. The van der Waals surface area contributed by atoms with Crippen molar-refractivity contribution in [1.29, 1.82) is 0 Å². The Morgan fingerprint density at radius 1 is 1.20 bits per heavy atom. The Morgan fingerprint density at radius 3 is 2.28 bits per heavy atom. The molecule has 0 fully saturated rings. The third-order valence-corrected chi connectivity index (χ3v) is 4.86. The van der Waals surface area contributed by atoms with Gasteiger partial charge < -0.3 is 5.32 Å². The fourth-order valence-electron chi connectivity index (χ4n) is 1.94. The molecule has 25 heavy (non-hydrogen) atoms. The molecule has 11 nitrogen and oxygen atoms in total. The molecule has 0 aliphatic carbocycles. The molecule has 13 heteroatoms. The van der Waals surface area contributed by atoms with Crippen molar-refractivity contribution in [3.8, 4) is 0 Å². The molecule has 1 heterocycles. The summed E-state index contributed by atoms with van der Waals surface area (Å²) in [5.41, 5.74) is -1.48. The van der Waals surface area contributed by atoms with Crippen LogP contribution in [0, 0.1) is 0 Å². The van der Waals surface area contributed by atoms with Crippen molar-refractivity contribution in [2.45, 2.75) is 9.79 Å². The number of rotatable bonds is 4. The highest BCUT2D eigenvalue weighted by Crippen LogP contribution is 2.32. The molecule has 2 rings (SSSR count). The standard InChI is InChI=1S/C12H11N3O8S2/c1-6-10(11(16)13-2)14-15(12(6)17)8-5-7(24(18,19)20)3-4-9(8)25(21,22)23/h3-5H,1H2,2H3,(H,13,16)(H,18,19,20)(H,21,22,23). The molecule has 1 aliphatic rings. The van der Waals surface area contributed by atoms with Crippen LogP contribution in [0.25, 0.3) is 0 Å². The fourth-order valence-corrected chi connectivity index (χ4v) is 3.09. The Hall–Kier alpha value is -2.61. The van der Waals surface area contributed by atoms with Crippen LogP contribution in [-0.2, 0) is 29.8 Å². The third kappa shape index (κ3) is 3.43. The Morgan fingerprint density at radius 2 is 1.80 bits per heavy atom. The van der Waals surface area contributed by atoms with E-state index in [1.54, 1.807) is 0 Å². The van der Waals surface area contributed by atoms with Gasteiger partial charge in [-0.2, -0.15) is 26.9 Å². The summed E-state index contributed by atoms with van der Waals surface area (Å²) in [6.45, 7) is 3.36. The van der Waals surface area contributed by atoms with Crippen LogP contribution >= 0.6 is 0 Å². The minimum atomic E-state index is -4.89. The van der Waals surface area contributed by atoms with Gasteiger partial charge >= 0.3 is 0 Å². The van der Waals surface area contributed by atoms with E-state index in [-0.39, 0.29) is 5.57 Å². The Bertz CT molecular complexity index is 1040. The molecule has 0 unspecified atom stereocenters. The van der Waals surface area contributed by atoms with E-state index < -0.39 is 53.2 Å². The molecule has 134 valence electrons. The first kappa shape index (κ1) is 18.7. The molecule has 1 aliphatic heterocycles. The highest BCUT2D eigenvalue weighted by Gasteiger charge is 2.36. The molecule has 0 bridgehead atoms. The lowest BCUT2D eigenvalue weighted by Crippen LogP contribution is -2.28. The zero-order valence-corrected chi connectivity index (χ0v) is 14.1. The van der Waals surface area contributed by atoms with E-state index in [9.17, 15) is 31.0 Å². The lowest BCUT2D eigenvalue weighted by Gasteiger charge is -2.15. The van der Waals surface area contributed by atoms with E-state index in [0.29, 0.717) is 23.2 Å². The molecule has 0 aromatic heterocycles. The second-order valence-electron chi connectivity index (χ2n) is 4.70. The summed E-state index contributed by atoms with van der Waals surface area (Å²) in [4.78, 5) is 22.3. The number of hydrogen-bond donors (Lipinski definition) is 3. The highest BCUT2D eigenvalue weighted by atomic mass is 32.2. The maximum atomic E-state index is 12.2. The fraction of sp³-hybridized carbons (Fsp3) is 0.0833. The van der Waals surface area contributed by atoms with Crippen LogP contribution in [0.15, 0.2) is 45.2 Å². The van der Waals surface area contributed by atoms with Crippen molar-refractivity contribution < 1.29 is 35.5 Å². The van der Waals surface area contributed by atoms with Crippen molar-refractivity contribution in [3.05, 3.63) is 30.4 Å². The minimum Gasteiger partial charge on any atom is -0.354 e. The van der Waals surface area contributed by atoms with Crippen molar-refractivity contribution in [3.63, 3.8) is 0 Å². The summed E-state index contributed by atoms with van der Waals surface area (Å²) in [7, 11) is -8.38. The summed E-state index contributed by atoms with van der Waals surface area (Å²) < 4.78 is 63.8. The number of carbonyl (C=O) groups excluding carboxylic acids is 2. The first-order chi connectivity index (χ1) is 11.4. The van der Waals surface area contributed by atoms with Gasteiger partial charge in [-0.1, -0.05) is 6.58 Å². The van der Waals surface area contributed by atoms with Gasteiger partial charge in [-0.15, -0.1) is 0 Å². The molecule has 2 amide bonds. The molecule has 0 atom stereocenters. The number of nitrogens with one attached hydrogen (secondary N) is 1. The van der Waals surface area contributed by atoms with Crippen molar-refractivity contribution >= 4 is 43.4 Å². The van der Waals surface area contributed by atoms with E-state index in [0.717, 1.165) is 0 Å². The second-order valence-corrected chi connectivity index (χ2v) is 7.51. The van der Waals surface area contributed by atoms with Crippen LogP contribution in [0.4, 0.5) is 5.69 Å². The SMILES string of the molecule is C=C1C(=O)N(c2cc(S(=O)(=O)O)ccc2S(=O)(=O)O)N=C1C(=O)NC. The Balaban J connectivity index is 2.76. The first-order valence-electron chi connectivity index (χ1n) is 6.31. The summed E-state index contributed by atoms with van der Waals surface area (Å²) in [6, 6.07) is 1.98. The monoisotopic (exact) mass is 389 g/mol. The van der Waals surface area contributed by atoms with Gasteiger partial charge in [0.1, 0.15) is 4.90 Å².